The first-order chi connectivity index (χ1) is 12.4. The highest BCUT2D eigenvalue weighted by Crippen LogP contribution is 2.24. The number of carboxylic acids is 1. The summed E-state index contributed by atoms with van der Waals surface area (Å²) in [5, 5.41) is 11.1. The minimum Gasteiger partial charge on any atom is -0.480 e. The fourth-order valence-corrected chi connectivity index (χ4v) is 3.27. The summed E-state index contributed by atoms with van der Waals surface area (Å²) in [7, 11) is 0. The number of carbonyl (C=O) groups excluding carboxylic acids is 1. The molecule has 0 aliphatic carbocycles. The molecule has 0 bridgehead atoms. The number of carboxylic acid groups (broad SMARTS) is 1. The first-order valence-corrected chi connectivity index (χ1v) is 10.9. The van der Waals surface area contributed by atoms with E-state index < -0.39 is 11.4 Å². The van der Waals surface area contributed by atoms with Crippen molar-refractivity contribution in [1.29, 1.82) is 0 Å². The summed E-state index contributed by atoms with van der Waals surface area (Å²) >= 11 is 0. The van der Waals surface area contributed by atoms with Crippen LogP contribution < -0.4 is 5.32 Å². The van der Waals surface area contributed by atoms with Crippen LogP contribution in [0.4, 0.5) is 0 Å². The standard InChI is InChI=1S/C22H43NO3/c1-4-5-6-7-8-9-10-11-12-13-14-15-16-17-18-22(2,3)21(26)23-19-20(24)25/h4-19H2,1-3H3,(H,23,26)(H,24,25). The summed E-state index contributed by atoms with van der Waals surface area (Å²) in [4.78, 5) is 22.5. The monoisotopic (exact) mass is 369 g/mol. The Morgan fingerprint density at radius 2 is 1.12 bits per heavy atom. The van der Waals surface area contributed by atoms with Gasteiger partial charge in [0.1, 0.15) is 6.54 Å². The quantitative estimate of drug-likeness (QED) is 0.287. The van der Waals surface area contributed by atoms with Crippen molar-refractivity contribution in [2.75, 3.05) is 6.54 Å². The van der Waals surface area contributed by atoms with Crippen LogP contribution in [0, 0.1) is 5.41 Å². The van der Waals surface area contributed by atoms with Crippen molar-refractivity contribution in [3.8, 4) is 0 Å². The molecule has 0 aromatic carbocycles. The normalized spacial score (nSPS) is 11.5. The Morgan fingerprint density at radius 1 is 0.731 bits per heavy atom. The van der Waals surface area contributed by atoms with Crippen LogP contribution in [0.15, 0.2) is 0 Å². The van der Waals surface area contributed by atoms with Crippen molar-refractivity contribution in [1.82, 2.24) is 5.32 Å². The van der Waals surface area contributed by atoms with Gasteiger partial charge in [-0.05, 0) is 6.42 Å². The maximum absolute atomic E-state index is 12.0. The van der Waals surface area contributed by atoms with Gasteiger partial charge in [0.25, 0.3) is 0 Å². The zero-order chi connectivity index (χ0) is 19.7. The van der Waals surface area contributed by atoms with E-state index in [4.69, 9.17) is 5.11 Å². The SMILES string of the molecule is CCCCCCCCCCCCCCCCC(C)(C)C(=O)NCC(=O)O. The van der Waals surface area contributed by atoms with Crippen LogP contribution in [0.5, 0.6) is 0 Å². The summed E-state index contributed by atoms with van der Waals surface area (Å²) in [5.74, 6) is -1.15. The summed E-state index contributed by atoms with van der Waals surface area (Å²) in [6, 6.07) is 0. The van der Waals surface area contributed by atoms with E-state index in [1.54, 1.807) is 0 Å². The van der Waals surface area contributed by atoms with E-state index in [-0.39, 0.29) is 12.5 Å². The van der Waals surface area contributed by atoms with E-state index in [1.165, 1.54) is 77.0 Å². The van der Waals surface area contributed by atoms with Gasteiger partial charge in [-0.15, -0.1) is 0 Å². The molecule has 0 unspecified atom stereocenters. The van der Waals surface area contributed by atoms with Crippen LogP contribution in [0.2, 0.25) is 0 Å². The van der Waals surface area contributed by atoms with Gasteiger partial charge >= 0.3 is 5.97 Å². The smallest absolute Gasteiger partial charge is 0.322 e. The van der Waals surface area contributed by atoms with E-state index in [9.17, 15) is 9.59 Å². The third-order valence-corrected chi connectivity index (χ3v) is 5.17. The average molecular weight is 370 g/mol. The number of hydrogen-bond donors (Lipinski definition) is 2. The third kappa shape index (κ3) is 15.2. The van der Waals surface area contributed by atoms with E-state index >= 15 is 0 Å². The van der Waals surface area contributed by atoms with Crippen LogP contribution in [-0.4, -0.2) is 23.5 Å². The molecule has 0 atom stereocenters. The van der Waals surface area contributed by atoms with E-state index in [0.717, 1.165) is 19.3 Å². The van der Waals surface area contributed by atoms with Crippen molar-refractivity contribution in [2.24, 2.45) is 5.41 Å². The largest absolute Gasteiger partial charge is 0.480 e. The van der Waals surface area contributed by atoms with Gasteiger partial charge in [0.2, 0.25) is 5.91 Å². The fourth-order valence-electron chi connectivity index (χ4n) is 3.27. The van der Waals surface area contributed by atoms with Crippen LogP contribution in [0.25, 0.3) is 0 Å². The fraction of sp³-hybridized carbons (Fsp3) is 0.909. The molecule has 1 amide bonds. The van der Waals surface area contributed by atoms with Gasteiger partial charge in [-0.2, -0.15) is 0 Å². The lowest BCUT2D eigenvalue weighted by Gasteiger charge is -2.23. The molecular formula is C22H43NO3. The molecule has 4 heteroatoms. The van der Waals surface area contributed by atoms with Crippen LogP contribution in [0.1, 0.15) is 117 Å². The van der Waals surface area contributed by atoms with E-state index in [1.807, 2.05) is 13.8 Å². The maximum atomic E-state index is 12.0. The molecule has 0 aromatic rings. The summed E-state index contributed by atoms with van der Waals surface area (Å²) in [6.07, 6.45) is 19.4. The van der Waals surface area contributed by atoms with Gasteiger partial charge in [0.15, 0.2) is 0 Å². The zero-order valence-electron chi connectivity index (χ0n) is 17.6. The third-order valence-electron chi connectivity index (χ3n) is 5.17. The lowest BCUT2D eigenvalue weighted by Crippen LogP contribution is -2.39. The molecule has 0 radical (unpaired) electrons. The highest BCUT2D eigenvalue weighted by atomic mass is 16.4. The van der Waals surface area contributed by atoms with Crippen molar-refractivity contribution >= 4 is 11.9 Å². The predicted molar refractivity (Wildman–Crippen MR) is 109 cm³/mol. The Kier molecular flexibility index (Phi) is 15.5. The Bertz CT molecular complexity index is 366. The highest BCUT2D eigenvalue weighted by Gasteiger charge is 2.26. The van der Waals surface area contributed by atoms with Gasteiger partial charge in [-0.1, -0.05) is 111 Å². The molecule has 0 rings (SSSR count). The Hall–Kier alpha value is -1.06. The number of hydrogen-bond acceptors (Lipinski definition) is 2. The van der Waals surface area contributed by atoms with Gasteiger partial charge in [0, 0.05) is 5.41 Å². The molecule has 154 valence electrons. The predicted octanol–water partition coefficient (Wildman–Crippen LogP) is 6.08. The van der Waals surface area contributed by atoms with Gasteiger partial charge in [0.05, 0.1) is 0 Å². The molecular weight excluding hydrogens is 326 g/mol. The minimum atomic E-state index is -0.995. The number of aliphatic carboxylic acids is 1. The molecule has 0 saturated heterocycles. The topological polar surface area (TPSA) is 66.4 Å². The molecule has 0 fully saturated rings. The van der Waals surface area contributed by atoms with Crippen molar-refractivity contribution < 1.29 is 14.7 Å². The molecule has 0 aliphatic rings. The number of carbonyl (C=O) groups is 2. The van der Waals surface area contributed by atoms with Crippen molar-refractivity contribution in [3.63, 3.8) is 0 Å². The number of amides is 1. The minimum absolute atomic E-state index is 0.158. The zero-order valence-corrected chi connectivity index (χ0v) is 17.6. The van der Waals surface area contributed by atoms with Crippen molar-refractivity contribution in [3.05, 3.63) is 0 Å². The average Bonchev–Trinajstić information content (AvgIpc) is 2.59. The van der Waals surface area contributed by atoms with E-state index in [0.29, 0.717) is 0 Å². The second-order valence-electron chi connectivity index (χ2n) is 8.31. The molecule has 0 heterocycles. The molecule has 0 aliphatic heterocycles. The first kappa shape index (κ1) is 24.9. The van der Waals surface area contributed by atoms with Crippen molar-refractivity contribution in [2.45, 2.75) is 117 Å². The summed E-state index contributed by atoms with van der Waals surface area (Å²) in [5.41, 5.74) is -0.480. The Labute approximate surface area is 161 Å². The molecule has 26 heavy (non-hydrogen) atoms. The first-order valence-electron chi connectivity index (χ1n) is 10.9. The lowest BCUT2D eigenvalue weighted by atomic mass is 9.85. The van der Waals surface area contributed by atoms with Crippen LogP contribution in [0.3, 0.4) is 0 Å². The second kappa shape index (κ2) is 16.1. The molecule has 4 nitrogen and oxygen atoms in total. The number of unbranched alkanes of at least 4 members (excludes halogenated alkanes) is 13. The Balaban J connectivity index is 3.42. The summed E-state index contributed by atoms with van der Waals surface area (Å²) in [6.45, 7) is 5.76. The molecule has 2 N–H and O–H groups in total. The lowest BCUT2D eigenvalue weighted by molar-refractivity contribution is -0.139. The van der Waals surface area contributed by atoms with Gasteiger partial charge in [-0.3, -0.25) is 9.59 Å². The molecule has 0 spiro atoms. The van der Waals surface area contributed by atoms with E-state index in [2.05, 4.69) is 12.2 Å². The Morgan fingerprint density at radius 3 is 1.50 bits per heavy atom. The van der Waals surface area contributed by atoms with Crippen LogP contribution >= 0.6 is 0 Å². The number of rotatable bonds is 18. The van der Waals surface area contributed by atoms with Crippen LogP contribution in [-0.2, 0) is 9.59 Å². The number of nitrogens with one attached hydrogen (secondary N) is 1. The second-order valence-corrected chi connectivity index (χ2v) is 8.31. The molecule has 0 saturated carbocycles. The molecule has 0 aromatic heterocycles. The van der Waals surface area contributed by atoms with Gasteiger partial charge in [-0.25, -0.2) is 0 Å². The highest BCUT2D eigenvalue weighted by molar-refractivity contribution is 5.85. The maximum Gasteiger partial charge on any atom is 0.322 e. The van der Waals surface area contributed by atoms with Gasteiger partial charge < -0.3 is 10.4 Å². The summed E-state index contributed by atoms with van der Waals surface area (Å²) < 4.78 is 0.